The summed E-state index contributed by atoms with van der Waals surface area (Å²) in [6.45, 7) is 1.40. The lowest BCUT2D eigenvalue weighted by atomic mass is 10.2. The van der Waals surface area contributed by atoms with E-state index in [9.17, 15) is 18.0 Å². The molecule has 0 spiro atoms. The first kappa shape index (κ1) is 11.5. The number of alkyl halides is 3. The van der Waals surface area contributed by atoms with Gasteiger partial charge in [-0.25, -0.2) is 4.98 Å². The highest BCUT2D eigenvalue weighted by molar-refractivity contribution is 5.94. The highest BCUT2D eigenvalue weighted by atomic mass is 19.4. The zero-order valence-corrected chi connectivity index (χ0v) is 8.14. The van der Waals surface area contributed by atoms with E-state index in [0.717, 1.165) is 6.07 Å². The van der Waals surface area contributed by atoms with Crippen molar-refractivity contribution in [1.29, 1.82) is 0 Å². The van der Waals surface area contributed by atoms with Crippen molar-refractivity contribution >= 4 is 5.91 Å². The highest BCUT2D eigenvalue weighted by Gasteiger charge is 2.33. The van der Waals surface area contributed by atoms with Crippen LogP contribution in [-0.4, -0.2) is 17.9 Å². The normalized spacial score (nSPS) is 11.3. The van der Waals surface area contributed by atoms with Crippen molar-refractivity contribution in [2.24, 2.45) is 0 Å². The third kappa shape index (κ3) is 2.68. The molecule has 0 saturated heterocycles. The van der Waals surface area contributed by atoms with Crippen molar-refractivity contribution in [3.05, 3.63) is 29.1 Å². The smallest absolute Gasteiger partial charge is 0.355 e. The summed E-state index contributed by atoms with van der Waals surface area (Å²) in [5.41, 5.74) is -0.943. The Balaban J connectivity index is 3.23. The summed E-state index contributed by atoms with van der Waals surface area (Å²) in [6, 6.07) is 2.03. The predicted molar refractivity (Wildman–Crippen MR) is 47.4 cm³/mol. The molecule has 1 heterocycles. The zero-order chi connectivity index (χ0) is 11.6. The molecule has 82 valence electrons. The quantitative estimate of drug-likeness (QED) is 0.780. The van der Waals surface area contributed by atoms with Crippen LogP contribution in [-0.2, 0) is 6.18 Å². The molecule has 0 aliphatic rings. The van der Waals surface area contributed by atoms with Crippen LogP contribution in [0.4, 0.5) is 13.2 Å². The van der Waals surface area contributed by atoms with Crippen LogP contribution in [0.25, 0.3) is 0 Å². The number of rotatable bonds is 1. The summed E-state index contributed by atoms with van der Waals surface area (Å²) in [5.74, 6) is -0.564. The number of carbonyl (C=O) groups is 1. The van der Waals surface area contributed by atoms with E-state index in [1.807, 2.05) is 0 Å². The maximum absolute atomic E-state index is 12.3. The lowest BCUT2D eigenvalue weighted by Crippen LogP contribution is -2.20. The van der Waals surface area contributed by atoms with Crippen LogP contribution in [0.1, 0.15) is 21.7 Å². The Bertz CT molecular complexity index is 387. The molecule has 15 heavy (non-hydrogen) atoms. The topological polar surface area (TPSA) is 42.0 Å². The minimum Gasteiger partial charge on any atom is -0.355 e. The van der Waals surface area contributed by atoms with E-state index in [0.29, 0.717) is 0 Å². The molecule has 0 unspecified atom stereocenters. The zero-order valence-electron chi connectivity index (χ0n) is 8.14. The first-order valence-electron chi connectivity index (χ1n) is 4.12. The number of hydrogen-bond donors (Lipinski definition) is 1. The van der Waals surface area contributed by atoms with Crippen LogP contribution in [0.2, 0.25) is 0 Å². The summed E-state index contributed by atoms with van der Waals surface area (Å²) < 4.78 is 37.0. The van der Waals surface area contributed by atoms with Gasteiger partial charge in [-0.05, 0) is 19.1 Å². The number of aromatic nitrogens is 1. The Kier molecular flexibility index (Phi) is 2.97. The van der Waals surface area contributed by atoms with Gasteiger partial charge in [-0.3, -0.25) is 4.79 Å². The number of hydrogen-bond acceptors (Lipinski definition) is 2. The molecule has 3 nitrogen and oxygen atoms in total. The fourth-order valence-electron chi connectivity index (χ4n) is 1.09. The van der Waals surface area contributed by atoms with Crippen molar-refractivity contribution in [3.8, 4) is 0 Å². The van der Waals surface area contributed by atoms with Gasteiger partial charge in [0.25, 0.3) is 5.91 Å². The van der Waals surface area contributed by atoms with E-state index >= 15 is 0 Å². The molecule has 1 aromatic heterocycles. The molecule has 1 N–H and O–H groups in total. The number of nitrogens with one attached hydrogen (secondary N) is 1. The van der Waals surface area contributed by atoms with Crippen LogP contribution in [0.15, 0.2) is 12.1 Å². The number of amides is 1. The number of carbonyl (C=O) groups excluding carboxylic acids is 1. The van der Waals surface area contributed by atoms with Gasteiger partial charge in [0, 0.05) is 18.3 Å². The standard InChI is InChI=1S/C9H9F3N2O/c1-5-3-6(8(15)13-2)4-7(14-5)9(10,11)12/h3-4H,1-2H3,(H,13,15). The van der Waals surface area contributed by atoms with Gasteiger partial charge in [0.05, 0.1) is 0 Å². The molecule has 0 aliphatic heterocycles. The Hall–Kier alpha value is -1.59. The van der Waals surface area contributed by atoms with Gasteiger partial charge in [0.1, 0.15) is 5.69 Å². The highest BCUT2D eigenvalue weighted by Crippen LogP contribution is 2.28. The molecule has 1 aromatic rings. The van der Waals surface area contributed by atoms with Crippen LogP contribution >= 0.6 is 0 Å². The summed E-state index contributed by atoms with van der Waals surface area (Å²) in [6.07, 6.45) is -4.53. The number of aryl methyl sites for hydroxylation is 1. The third-order valence-corrected chi connectivity index (χ3v) is 1.73. The van der Waals surface area contributed by atoms with Crippen molar-refractivity contribution in [2.45, 2.75) is 13.1 Å². The third-order valence-electron chi connectivity index (χ3n) is 1.73. The van der Waals surface area contributed by atoms with E-state index in [2.05, 4.69) is 10.3 Å². The van der Waals surface area contributed by atoms with Crippen molar-refractivity contribution in [3.63, 3.8) is 0 Å². The van der Waals surface area contributed by atoms with E-state index in [4.69, 9.17) is 0 Å². The van der Waals surface area contributed by atoms with Gasteiger partial charge >= 0.3 is 6.18 Å². The Morgan fingerprint density at radius 1 is 1.40 bits per heavy atom. The molecule has 0 atom stereocenters. The summed E-state index contributed by atoms with van der Waals surface area (Å²) >= 11 is 0. The maximum Gasteiger partial charge on any atom is 0.433 e. The molecule has 0 radical (unpaired) electrons. The fourth-order valence-corrected chi connectivity index (χ4v) is 1.09. The Morgan fingerprint density at radius 3 is 2.47 bits per heavy atom. The molecular formula is C9H9F3N2O. The van der Waals surface area contributed by atoms with Gasteiger partial charge in [-0.1, -0.05) is 0 Å². The minimum absolute atomic E-state index is 0.0441. The molecule has 6 heteroatoms. The summed E-state index contributed by atoms with van der Waals surface area (Å²) in [7, 11) is 1.35. The average molecular weight is 218 g/mol. The van der Waals surface area contributed by atoms with E-state index in [1.165, 1.54) is 20.0 Å². The molecule has 0 saturated carbocycles. The minimum atomic E-state index is -4.53. The van der Waals surface area contributed by atoms with Gasteiger partial charge in [-0.2, -0.15) is 13.2 Å². The summed E-state index contributed by atoms with van der Waals surface area (Å²) in [4.78, 5) is 14.5. The average Bonchev–Trinajstić information content (AvgIpc) is 2.14. The largest absolute Gasteiger partial charge is 0.433 e. The monoisotopic (exact) mass is 218 g/mol. The van der Waals surface area contributed by atoms with Gasteiger partial charge in [0.15, 0.2) is 0 Å². The van der Waals surface area contributed by atoms with Crippen molar-refractivity contribution < 1.29 is 18.0 Å². The van der Waals surface area contributed by atoms with Gasteiger partial charge in [-0.15, -0.1) is 0 Å². The number of pyridine rings is 1. The number of halogens is 3. The first-order chi connectivity index (χ1) is 6.84. The Morgan fingerprint density at radius 2 is 2.00 bits per heavy atom. The van der Waals surface area contributed by atoms with Crippen LogP contribution in [0.5, 0.6) is 0 Å². The molecule has 1 amide bonds. The lowest BCUT2D eigenvalue weighted by Gasteiger charge is -2.08. The van der Waals surface area contributed by atoms with E-state index in [1.54, 1.807) is 0 Å². The van der Waals surface area contributed by atoms with Gasteiger partial charge in [0.2, 0.25) is 0 Å². The number of nitrogens with zero attached hydrogens (tertiary/aromatic N) is 1. The van der Waals surface area contributed by atoms with Crippen LogP contribution in [0.3, 0.4) is 0 Å². The van der Waals surface area contributed by atoms with Crippen molar-refractivity contribution in [2.75, 3.05) is 7.05 Å². The first-order valence-corrected chi connectivity index (χ1v) is 4.12. The molecule has 0 aromatic carbocycles. The SMILES string of the molecule is CNC(=O)c1cc(C)nc(C(F)(F)F)c1. The lowest BCUT2D eigenvalue weighted by molar-refractivity contribution is -0.141. The van der Waals surface area contributed by atoms with Gasteiger partial charge < -0.3 is 5.32 Å². The maximum atomic E-state index is 12.3. The van der Waals surface area contributed by atoms with Crippen LogP contribution < -0.4 is 5.32 Å². The summed E-state index contributed by atoms with van der Waals surface area (Å²) in [5, 5.41) is 2.25. The second kappa shape index (κ2) is 3.88. The molecular weight excluding hydrogens is 209 g/mol. The van der Waals surface area contributed by atoms with Crippen molar-refractivity contribution in [1.82, 2.24) is 10.3 Å². The fraction of sp³-hybridized carbons (Fsp3) is 0.333. The van der Waals surface area contributed by atoms with E-state index in [-0.39, 0.29) is 11.3 Å². The molecule has 0 fully saturated rings. The molecule has 1 rings (SSSR count). The predicted octanol–water partition coefficient (Wildman–Crippen LogP) is 1.77. The van der Waals surface area contributed by atoms with E-state index < -0.39 is 17.8 Å². The molecule has 0 aliphatic carbocycles. The van der Waals surface area contributed by atoms with Crippen LogP contribution in [0, 0.1) is 6.92 Å². The second-order valence-electron chi connectivity index (χ2n) is 2.96. The Labute approximate surface area is 84.3 Å². The second-order valence-corrected chi connectivity index (χ2v) is 2.96. The molecule has 0 bridgehead atoms.